The van der Waals surface area contributed by atoms with E-state index in [4.69, 9.17) is 0 Å². The number of carbonyl (C=O) groups excluding carboxylic acids is 1. The van der Waals surface area contributed by atoms with Gasteiger partial charge in [0.05, 0.1) is 0 Å². The molecule has 0 bridgehead atoms. The fourth-order valence-corrected chi connectivity index (χ4v) is 4.98. The van der Waals surface area contributed by atoms with E-state index < -0.39 is 11.6 Å². The van der Waals surface area contributed by atoms with Crippen LogP contribution in [-0.2, 0) is 0 Å². The van der Waals surface area contributed by atoms with Gasteiger partial charge in [0, 0.05) is 28.4 Å². The van der Waals surface area contributed by atoms with Crippen LogP contribution < -0.4 is 10.2 Å². The number of halogens is 1. The van der Waals surface area contributed by atoms with E-state index in [-0.39, 0.29) is 6.03 Å². The molecule has 1 spiro atoms. The molecule has 2 heterocycles. The Bertz CT molecular complexity index is 781. The molecule has 0 radical (unpaired) electrons. The fourth-order valence-electron chi connectivity index (χ4n) is 4.62. The van der Waals surface area contributed by atoms with E-state index in [9.17, 15) is 14.7 Å². The van der Waals surface area contributed by atoms with Crippen LogP contribution in [0, 0.1) is 3.57 Å². The molecule has 0 atom stereocenters. The smallest absolute Gasteiger partial charge is 0.407 e. The molecule has 28 heavy (non-hydrogen) atoms. The number of aliphatic imine (C=N–C) groups is 1. The maximum atomic E-state index is 13.0. The zero-order chi connectivity index (χ0) is 19.7. The first-order valence-corrected chi connectivity index (χ1v) is 11.0. The van der Waals surface area contributed by atoms with Gasteiger partial charge in [0.15, 0.2) is 0 Å². The molecule has 0 aromatic heterocycles. The minimum Gasteiger partial charge on any atom is -0.465 e. The van der Waals surface area contributed by atoms with Gasteiger partial charge in [0.2, 0.25) is 0 Å². The molecule has 0 unspecified atom stereocenters. The topological polar surface area (TPSA) is 85.2 Å². The fraction of sp³-hybridized carbons (Fsp3) is 0.550. The maximum Gasteiger partial charge on any atom is 0.407 e. The summed E-state index contributed by atoms with van der Waals surface area (Å²) in [5, 5.41) is 12.9. The zero-order valence-corrected chi connectivity index (χ0v) is 17.9. The second-order valence-electron chi connectivity index (χ2n) is 7.84. The molecule has 1 aromatic rings. The van der Waals surface area contributed by atoms with Crippen LogP contribution >= 0.6 is 22.6 Å². The van der Waals surface area contributed by atoms with E-state index in [2.05, 4.69) is 32.9 Å². The molecule has 3 amide bonds. The Morgan fingerprint density at radius 2 is 1.79 bits per heavy atom. The molecule has 1 saturated carbocycles. The standard InChI is InChI=1S/C20H25IN4O3/c21-14-6-8-16(9-7-14)25-18(26)23-17(22-15-4-2-1-3-5-15)20(25)10-12-24(13-11-20)19(27)28/h6-9,15H,1-5,10-13H2,(H,27,28)(H,22,23,26). The van der Waals surface area contributed by atoms with Crippen LogP contribution in [0.1, 0.15) is 44.9 Å². The highest BCUT2D eigenvalue weighted by molar-refractivity contribution is 14.1. The number of amides is 3. The van der Waals surface area contributed by atoms with Crippen LogP contribution in [0.25, 0.3) is 0 Å². The zero-order valence-electron chi connectivity index (χ0n) is 15.7. The minimum absolute atomic E-state index is 0.261. The Balaban J connectivity index is 1.65. The molecule has 150 valence electrons. The summed E-state index contributed by atoms with van der Waals surface area (Å²) in [5.74, 6) is 0.730. The van der Waals surface area contributed by atoms with Crippen molar-refractivity contribution in [2.75, 3.05) is 18.0 Å². The maximum absolute atomic E-state index is 13.0. The van der Waals surface area contributed by atoms with Crippen LogP contribution in [0.2, 0.25) is 0 Å². The van der Waals surface area contributed by atoms with Gasteiger partial charge in [-0.1, -0.05) is 19.3 Å². The Labute approximate surface area is 178 Å². The molecular weight excluding hydrogens is 471 g/mol. The normalized spacial score (nSPS) is 22.5. The summed E-state index contributed by atoms with van der Waals surface area (Å²) in [6.45, 7) is 0.795. The van der Waals surface area contributed by atoms with E-state index in [0.29, 0.717) is 32.0 Å². The van der Waals surface area contributed by atoms with Crippen molar-refractivity contribution in [3.05, 3.63) is 27.8 Å². The first-order chi connectivity index (χ1) is 13.5. The molecule has 1 aliphatic carbocycles. The largest absolute Gasteiger partial charge is 0.465 e. The van der Waals surface area contributed by atoms with Crippen LogP contribution in [0.15, 0.2) is 29.3 Å². The lowest BCUT2D eigenvalue weighted by Gasteiger charge is -2.45. The highest BCUT2D eigenvalue weighted by Crippen LogP contribution is 2.39. The molecule has 3 aliphatic rings. The van der Waals surface area contributed by atoms with Gasteiger partial charge in [-0.3, -0.25) is 4.90 Å². The molecule has 2 fully saturated rings. The van der Waals surface area contributed by atoms with E-state index in [1.165, 1.54) is 24.2 Å². The van der Waals surface area contributed by atoms with Gasteiger partial charge in [-0.2, -0.15) is 4.99 Å². The van der Waals surface area contributed by atoms with Crippen molar-refractivity contribution < 1.29 is 14.7 Å². The average molecular weight is 496 g/mol. The first-order valence-electron chi connectivity index (χ1n) is 9.93. The van der Waals surface area contributed by atoms with E-state index in [1.807, 2.05) is 24.3 Å². The number of nitrogens with one attached hydrogen (secondary N) is 1. The summed E-state index contributed by atoms with van der Waals surface area (Å²) in [7, 11) is 0. The second kappa shape index (κ2) is 7.88. The average Bonchev–Trinajstić information content (AvgIpc) is 2.95. The van der Waals surface area contributed by atoms with Crippen LogP contribution in [0.5, 0.6) is 0 Å². The summed E-state index contributed by atoms with van der Waals surface area (Å²) in [5.41, 5.74) is 0.228. The molecule has 4 rings (SSSR count). The van der Waals surface area contributed by atoms with Gasteiger partial charge in [-0.05, 0) is 72.5 Å². The molecule has 1 aromatic carbocycles. The lowest BCUT2D eigenvalue weighted by Crippen LogP contribution is -2.62. The third-order valence-electron chi connectivity index (χ3n) is 6.16. The Kier molecular flexibility index (Phi) is 5.48. The first kappa shape index (κ1) is 19.5. The number of hydrogen-bond acceptors (Lipinski definition) is 3. The Hall–Kier alpha value is -1.84. The number of carbonyl (C=O) groups is 2. The second-order valence-corrected chi connectivity index (χ2v) is 9.08. The van der Waals surface area contributed by atoms with Gasteiger partial charge in [-0.25, -0.2) is 9.59 Å². The van der Waals surface area contributed by atoms with Crippen molar-refractivity contribution in [3.63, 3.8) is 0 Å². The number of urea groups is 1. The minimum atomic E-state index is -0.904. The van der Waals surface area contributed by atoms with Gasteiger partial charge in [0.1, 0.15) is 11.4 Å². The number of rotatable bonds is 2. The highest BCUT2D eigenvalue weighted by atomic mass is 127. The number of piperidine rings is 1. The van der Waals surface area contributed by atoms with Crippen molar-refractivity contribution in [1.82, 2.24) is 10.2 Å². The number of carboxylic acid groups (broad SMARTS) is 1. The van der Waals surface area contributed by atoms with Gasteiger partial charge < -0.3 is 15.3 Å². The van der Waals surface area contributed by atoms with Gasteiger partial charge in [0.25, 0.3) is 0 Å². The van der Waals surface area contributed by atoms with Crippen LogP contribution in [0.4, 0.5) is 15.3 Å². The summed E-state index contributed by atoms with van der Waals surface area (Å²) < 4.78 is 1.10. The van der Waals surface area contributed by atoms with Crippen molar-refractivity contribution in [3.8, 4) is 0 Å². The predicted molar refractivity (Wildman–Crippen MR) is 116 cm³/mol. The van der Waals surface area contributed by atoms with Crippen LogP contribution in [0.3, 0.4) is 0 Å². The summed E-state index contributed by atoms with van der Waals surface area (Å²) >= 11 is 2.25. The number of benzene rings is 1. The van der Waals surface area contributed by atoms with Crippen LogP contribution in [-0.4, -0.2) is 52.6 Å². The summed E-state index contributed by atoms with van der Waals surface area (Å²) in [4.78, 5) is 32.0. The van der Waals surface area contributed by atoms with Gasteiger partial charge in [-0.15, -0.1) is 0 Å². The van der Waals surface area contributed by atoms with E-state index in [1.54, 1.807) is 4.90 Å². The molecule has 1 saturated heterocycles. The highest BCUT2D eigenvalue weighted by Gasteiger charge is 2.52. The number of likely N-dealkylation sites (tertiary alicyclic amines) is 1. The SMILES string of the molecule is O=C(O)N1CCC2(CC1)C(NC1CCCCC1)=NC(=O)N2c1ccc(I)cc1. The quantitative estimate of drug-likeness (QED) is 0.605. The number of nitrogens with zero attached hydrogens (tertiary/aromatic N) is 3. The Morgan fingerprint density at radius 1 is 1.14 bits per heavy atom. The molecule has 2 N–H and O–H groups in total. The van der Waals surface area contributed by atoms with Crippen molar-refractivity contribution in [2.24, 2.45) is 4.99 Å². The van der Waals surface area contributed by atoms with E-state index in [0.717, 1.165) is 27.9 Å². The van der Waals surface area contributed by atoms with Crippen molar-refractivity contribution in [1.29, 1.82) is 0 Å². The summed E-state index contributed by atoms with van der Waals surface area (Å²) in [6, 6.07) is 7.94. The summed E-state index contributed by atoms with van der Waals surface area (Å²) in [6.07, 6.45) is 6.03. The number of anilines is 1. The number of amidine groups is 1. The molecular formula is C20H25IN4O3. The third-order valence-corrected chi connectivity index (χ3v) is 6.88. The van der Waals surface area contributed by atoms with Crippen molar-refractivity contribution >= 4 is 46.2 Å². The van der Waals surface area contributed by atoms with Gasteiger partial charge >= 0.3 is 12.1 Å². The monoisotopic (exact) mass is 496 g/mol. The lowest BCUT2D eigenvalue weighted by atomic mass is 9.83. The molecule has 2 aliphatic heterocycles. The van der Waals surface area contributed by atoms with E-state index >= 15 is 0 Å². The number of hydrogen-bond donors (Lipinski definition) is 2. The molecule has 8 heteroatoms. The van der Waals surface area contributed by atoms with Crippen molar-refractivity contribution in [2.45, 2.75) is 56.5 Å². The Morgan fingerprint density at radius 3 is 2.39 bits per heavy atom. The molecule has 7 nitrogen and oxygen atoms in total. The lowest BCUT2D eigenvalue weighted by molar-refractivity contribution is 0.127. The predicted octanol–water partition coefficient (Wildman–Crippen LogP) is 4.06. The third kappa shape index (κ3) is 3.58.